The van der Waals surface area contributed by atoms with Crippen LogP contribution in [0, 0.1) is 6.92 Å². The first-order chi connectivity index (χ1) is 7.83. The van der Waals surface area contributed by atoms with Crippen LogP contribution in [0.3, 0.4) is 0 Å². The Balaban J connectivity index is 2.08. The van der Waals surface area contributed by atoms with Crippen molar-refractivity contribution >= 4 is 6.08 Å². The molecule has 0 unspecified atom stereocenters. The highest BCUT2D eigenvalue weighted by Gasteiger charge is 2.06. The summed E-state index contributed by atoms with van der Waals surface area (Å²) in [7, 11) is 0. The maximum absolute atomic E-state index is 2.31. The smallest absolute Gasteiger partial charge is 0.00880 e. The monoisotopic (exact) mass is 206 g/mol. The van der Waals surface area contributed by atoms with Gasteiger partial charge in [0.25, 0.3) is 0 Å². The second kappa shape index (κ2) is 3.64. The molecule has 2 aromatic carbocycles. The summed E-state index contributed by atoms with van der Waals surface area (Å²) >= 11 is 0. The van der Waals surface area contributed by atoms with Crippen LogP contribution < -0.4 is 0 Å². The van der Waals surface area contributed by atoms with Crippen molar-refractivity contribution < 1.29 is 0 Å². The summed E-state index contributed by atoms with van der Waals surface area (Å²) in [5, 5.41) is 0. The van der Waals surface area contributed by atoms with Gasteiger partial charge in [-0.2, -0.15) is 0 Å². The van der Waals surface area contributed by atoms with Crippen LogP contribution in [0.1, 0.15) is 16.7 Å². The molecular formula is C16H14. The number of fused-ring (bicyclic) bond motifs is 1. The summed E-state index contributed by atoms with van der Waals surface area (Å²) in [5.41, 5.74) is 6.77. The molecule has 0 bridgehead atoms. The Hall–Kier alpha value is -1.82. The summed E-state index contributed by atoms with van der Waals surface area (Å²) < 4.78 is 0. The fourth-order valence-electron chi connectivity index (χ4n) is 2.26. The van der Waals surface area contributed by atoms with Gasteiger partial charge in [0.15, 0.2) is 0 Å². The molecule has 0 N–H and O–H groups in total. The SMILES string of the molecule is Cc1cccc(-c2ccc3c(c2)CC=C3)c1. The lowest BCUT2D eigenvalue weighted by Gasteiger charge is -2.06. The topological polar surface area (TPSA) is 0 Å². The van der Waals surface area contributed by atoms with Gasteiger partial charge in [-0.25, -0.2) is 0 Å². The molecule has 0 saturated carbocycles. The highest BCUT2D eigenvalue weighted by atomic mass is 14.1. The number of benzene rings is 2. The molecule has 0 heterocycles. The van der Waals surface area contributed by atoms with Gasteiger partial charge in [0.1, 0.15) is 0 Å². The van der Waals surface area contributed by atoms with E-state index in [2.05, 4.69) is 61.5 Å². The van der Waals surface area contributed by atoms with E-state index in [4.69, 9.17) is 0 Å². The Labute approximate surface area is 96.3 Å². The fraction of sp³-hybridized carbons (Fsp3) is 0.125. The van der Waals surface area contributed by atoms with Gasteiger partial charge in [-0.15, -0.1) is 0 Å². The van der Waals surface area contributed by atoms with Gasteiger partial charge in [-0.3, -0.25) is 0 Å². The van der Waals surface area contributed by atoms with Crippen LogP contribution in [0.2, 0.25) is 0 Å². The van der Waals surface area contributed by atoms with E-state index in [1.807, 2.05) is 0 Å². The third-order valence-electron chi connectivity index (χ3n) is 3.13. The molecule has 0 spiro atoms. The summed E-state index contributed by atoms with van der Waals surface area (Å²) in [6.45, 7) is 2.14. The Bertz CT molecular complexity index is 562. The normalized spacial score (nSPS) is 12.8. The van der Waals surface area contributed by atoms with Crippen LogP contribution in [-0.2, 0) is 6.42 Å². The van der Waals surface area contributed by atoms with Gasteiger partial charge < -0.3 is 0 Å². The van der Waals surface area contributed by atoms with Gasteiger partial charge in [-0.05, 0) is 35.6 Å². The van der Waals surface area contributed by atoms with E-state index in [1.165, 1.54) is 27.8 Å². The first kappa shape index (κ1) is 9.41. The predicted octanol–water partition coefficient (Wildman–Crippen LogP) is 4.23. The molecule has 0 saturated heterocycles. The number of hydrogen-bond donors (Lipinski definition) is 0. The largest absolute Gasteiger partial charge is 0.0795 e. The van der Waals surface area contributed by atoms with Crippen molar-refractivity contribution in [2.24, 2.45) is 0 Å². The van der Waals surface area contributed by atoms with Gasteiger partial charge in [0, 0.05) is 0 Å². The molecule has 3 rings (SSSR count). The molecule has 0 nitrogen and oxygen atoms in total. The zero-order valence-corrected chi connectivity index (χ0v) is 9.40. The number of hydrogen-bond acceptors (Lipinski definition) is 0. The van der Waals surface area contributed by atoms with Crippen LogP contribution >= 0.6 is 0 Å². The van der Waals surface area contributed by atoms with E-state index < -0.39 is 0 Å². The molecule has 1 aliphatic rings. The van der Waals surface area contributed by atoms with Crippen molar-refractivity contribution in [2.45, 2.75) is 13.3 Å². The zero-order valence-electron chi connectivity index (χ0n) is 9.40. The van der Waals surface area contributed by atoms with E-state index in [1.54, 1.807) is 0 Å². The fourth-order valence-corrected chi connectivity index (χ4v) is 2.26. The van der Waals surface area contributed by atoms with Crippen molar-refractivity contribution in [3.63, 3.8) is 0 Å². The van der Waals surface area contributed by atoms with E-state index >= 15 is 0 Å². The van der Waals surface area contributed by atoms with E-state index in [9.17, 15) is 0 Å². The Kier molecular flexibility index (Phi) is 2.14. The second-order valence-electron chi connectivity index (χ2n) is 4.39. The van der Waals surface area contributed by atoms with Crippen LogP contribution in [0.25, 0.3) is 17.2 Å². The van der Waals surface area contributed by atoms with Crippen LogP contribution in [0.4, 0.5) is 0 Å². The first-order valence-corrected chi connectivity index (χ1v) is 5.69. The third-order valence-corrected chi connectivity index (χ3v) is 3.13. The van der Waals surface area contributed by atoms with Crippen molar-refractivity contribution in [3.8, 4) is 11.1 Å². The summed E-state index contributed by atoms with van der Waals surface area (Å²) in [6, 6.07) is 15.4. The molecule has 0 heteroatoms. The van der Waals surface area contributed by atoms with E-state index in [0.717, 1.165) is 6.42 Å². The van der Waals surface area contributed by atoms with Crippen molar-refractivity contribution in [2.75, 3.05) is 0 Å². The van der Waals surface area contributed by atoms with E-state index in [0.29, 0.717) is 0 Å². The second-order valence-corrected chi connectivity index (χ2v) is 4.39. The highest BCUT2D eigenvalue weighted by molar-refractivity contribution is 5.70. The highest BCUT2D eigenvalue weighted by Crippen LogP contribution is 2.27. The van der Waals surface area contributed by atoms with E-state index in [-0.39, 0.29) is 0 Å². The number of aryl methyl sites for hydroxylation is 1. The zero-order chi connectivity index (χ0) is 11.0. The number of allylic oxidation sites excluding steroid dienone is 1. The summed E-state index contributed by atoms with van der Waals surface area (Å²) in [4.78, 5) is 0. The average molecular weight is 206 g/mol. The molecule has 0 fully saturated rings. The molecule has 0 radical (unpaired) electrons. The molecule has 0 atom stereocenters. The molecule has 78 valence electrons. The van der Waals surface area contributed by atoms with Gasteiger partial charge in [0.2, 0.25) is 0 Å². The first-order valence-electron chi connectivity index (χ1n) is 5.69. The maximum Gasteiger partial charge on any atom is -0.00880 e. The average Bonchev–Trinajstić information content (AvgIpc) is 2.75. The Morgan fingerprint density at radius 2 is 1.81 bits per heavy atom. The molecular weight excluding hydrogens is 192 g/mol. The van der Waals surface area contributed by atoms with Crippen LogP contribution in [0.15, 0.2) is 48.5 Å². The van der Waals surface area contributed by atoms with Gasteiger partial charge >= 0.3 is 0 Å². The Morgan fingerprint density at radius 1 is 0.938 bits per heavy atom. The minimum absolute atomic E-state index is 1.08. The minimum atomic E-state index is 1.08. The summed E-state index contributed by atoms with van der Waals surface area (Å²) in [5.74, 6) is 0. The molecule has 16 heavy (non-hydrogen) atoms. The third kappa shape index (κ3) is 1.57. The minimum Gasteiger partial charge on any atom is -0.0795 e. The van der Waals surface area contributed by atoms with Gasteiger partial charge in [0.05, 0.1) is 0 Å². The van der Waals surface area contributed by atoms with Gasteiger partial charge in [-0.1, -0.05) is 60.2 Å². The lowest BCUT2D eigenvalue weighted by atomic mass is 9.99. The van der Waals surface area contributed by atoms with Crippen molar-refractivity contribution in [1.29, 1.82) is 0 Å². The number of rotatable bonds is 1. The molecule has 2 aromatic rings. The lowest BCUT2D eigenvalue weighted by Crippen LogP contribution is -1.85. The van der Waals surface area contributed by atoms with Crippen molar-refractivity contribution in [3.05, 3.63) is 65.2 Å². The molecule has 0 amide bonds. The predicted molar refractivity (Wildman–Crippen MR) is 69.4 cm³/mol. The molecule has 0 aromatic heterocycles. The summed E-state index contributed by atoms with van der Waals surface area (Å²) in [6.07, 6.45) is 5.51. The standard InChI is InChI=1S/C16H14/c1-12-4-2-6-14(10-12)16-9-8-13-5-3-7-15(13)11-16/h2-6,8-11H,7H2,1H3. The maximum atomic E-state index is 2.31. The molecule has 1 aliphatic carbocycles. The quantitative estimate of drug-likeness (QED) is 0.655. The van der Waals surface area contributed by atoms with Crippen molar-refractivity contribution in [1.82, 2.24) is 0 Å². The van der Waals surface area contributed by atoms with Crippen LogP contribution in [0.5, 0.6) is 0 Å². The molecule has 0 aliphatic heterocycles. The Morgan fingerprint density at radius 3 is 2.69 bits per heavy atom. The van der Waals surface area contributed by atoms with Crippen LogP contribution in [-0.4, -0.2) is 0 Å². The lowest BCUT2D eigenvalue weighted by molar-refractivity contribution is 1.31.